The molecule has 0 aliphatic rings. The molecule has 1 atom stereocenters. The molecule has 3 rings (SSSR count). The predicted molar refractivity (Wildman–Crippen MR) is 122 cm³/mol. The van der Waals surface area contributed by atoms with E-state index >= 15 is 0 Å². The molecule has 0 heterocycles. The van der Waals surface area contributed by atoms with Crippen molar-refractivity contribution >= 4 is 17.3 Å². The zero-order valence-electron chi connectivity index (χ0n) is 18.2. The van der Waals surface area contributed by atoms with E-state index < -0.39 is 19.1 Å². The lowest BCUT2D eigenvalue weighted by Gasteiger charge is -2.22. The minimum absolute atomic E-state index is 0.296. The molecule has 0 saturated carbocycles. The Morgan fingerprint density at radius 1 is 0.969 bits per heavy atom. The van der Waals surface area contributed by atoms with E-state index in [1.165, 1.54) is 0 Å². The molecular formula is C25H26F2N2O3. The van der Waals surface area contributed by atoms with Crippen LogP contribution in [-0.4, -0.2) is 26.0 Å². The molecule has 7 heteroatoms. The highest BCUT2D eigenvalue weighted by Gasteiger charge is 2.22. The summed E-state index contributed by atoms with van der Waals surface area (Å²) in [5.41, 5.74) is 3.57. The van der Waals surface area contributed by atoms with Gasteiger partial charge in [-0.1, -0.05) is 42.5 Å². The molecule has 1 amide bonds. The van der Waals surface area contributed by atoms with Crippen LogP contribution in [0.3, 0.4) is 0 Å². The molecule has 5 nitrogen and oxygen atoms in total. The zero-order chi connectivity index (χ0) is 23.1. The van der Waals surface area contributed by atoms with E-state index in [-0.39, 0.29) is 5.91 Å². The summed E-state index contributed by atoms with van der Waals surface area (Å²) in [7, 11) is 1.54. The molecule has 0 aliphatic heterocycles. The quantitative estimate of drug-likeness (QED) is 0.445. The van der Waals surface area contributed by atoms with Gasteiger partial charge in [0, 0.05) is 11.8 Å². The van der Waals surface area contributed by atoms with E-state index in [4.69, 9.17) is 9.47 Å². The minimum atomic E-state index is -2.57. The Hall–Kier alpha value is -3.61. The number of aryl methyl sites for hydroxylation is 2. The maximum Gasteiger partial charge on any atom is 0.272 e. The van der Waals surface area contributed by atoms with Crippen molar-refractivity contribution in [2.75, 3.05) is 24.4 Å². The zero-order valence-corrected chi connectivity index (χ0v) is 18.2. The Balaban J connectivity index is 1.89. The maximum absolute atomic E-state index is 13.3. The lowest BCUT2D eigenvalue weighted by atomic mass is 10.0. The van der Waals surface area contributed by atoms with Gasteiger partial charge in [0.2, 0.25) is 0 Å². The van der Waals surface area contributed by atoms with Crippen LogP contribution in [0.2, 0.25) is 0 Å². The molecule has 0 fully saturated rings. The number of hydrogen-bond donors (Lipinski definition) is 2. The number of benzene rings is 3. The Bertz CT molecular complexity index is 1060. The van der Waals surface area contributed by atoms with Gasteiger partial charge in [-0.15, -0.1) is 0 Å². The van der Waals surface area contributed by atoms with Crippen LogP contribution < -0.4 is 20.1 Å². The molecule has 0 bridgehead atoms. The van der Waals surface area contributed by atoms with E-state index in [9.17, 15) is 13.6 Å². The highest BCUT2D eigenvalue weighted by Crippen LogP contribution is 2.30. The summed E-state index contributed by atoms with van der Waals surface area (Å²) in [6.45, 7) is 3.01. The van der Waals surface area contributed by atoms with Gasteiger partial charge in [0.05, 0.1) is 12.8 Å². The van der Waals surface area contributed by atoms with Crippen LogP contribution in [0.5, 0.6) is 11.5 Å². The van der Waals surface area contributed by atoms with Crippen molar-refractivity contribution in [1.82, 2.24) is 0 Å². The monoisotopic (exact) mass is 440 g/mol. The highest BCUT2D eigenvalue weighted by atomic mass is 19.3. The van der Waals surface area contributed by atoms with Crippen LogP contribution in [0.1, 0.15) is 22.7 Å². The standard InChI is InChI=1S/C25H26F2N2O3/c1-16-9-12-21(31-3)20(13-16)29-25(30)24(18-7-5-4-6-8-18)28-19-11-10-17(2)22(14-19)32-15-23(26)27/h4-14,23-24,28H,15H2,1-3H3,(H,29,30). The molecule has 0 radical (unpaired) electrons. The number of carbonyl (C=O) groups is 1. The van der Waals surface area contributed by atoms with Gasteiger partial charge in [-0.3, -0.25) is 4.79 Å². The van der Waals surface area contributed by atoms with E-state index in [1.807, 2.05) is 49.4 Å². The number of hydrogen-bond acceptors (Lipinski definition) is 4. The molecule has 0 saturated heterocycles. The molecule has 168 valence electrons. The third-order valence-electron chi connectivity index (χ3n) is 4.87. The Morgan fingerprint density at radius 2 is 1.72 bits per heavy atom. The summed E-state index contributed by atoms with van der Waals surface area (Å²) in [6, 6.07) is 19.2. The van der Waals surface area contributed by atoms with Crippen LogP contribution in [-0.2, 0) is 4.79 Å². The predicted octanol–water partition coefficient (Wildman–Crippen LogP) is 5.75. The minimum Gasteiger partial charge on any atom is -0.495 e. The number of ether oxygens (including phenoxy) is 2. The summed E-state index contributed by atoms with van der Waals surface area (Å²) < 4.78 is 35.8. The number of carbonyl (C=O) groups excluding carboxylic acids is 1. The van der Waals surface area contributed by atoms with E-state index in [0.717, 1.165) is 16.7 Å². The van der Waals surface area contributed by atoms with Gasteiger partial charge in [0.1, 0.15) is 24.1 Å². The normalized spacial score (nSPS) is 11.7. The van der Waals surface area contributed by atoms with E-state index in [2.05, 4.69) is 10.6 Å². The van der Waals surface area contributed by atoms with Gasteiger partial charge < -0.3 is 20.1 Å². The molecule has 1 unspecified atom stereocenters. The first-order chi connectivity index (χ1) is 15.4. The first-order valence-corrected chi connectivity index (χ1v) is 10.2. The number of rotatable bonds is 9. The molecule has 0 aliphatic carbocycles. The fourth-order valence-corrected chi connectivity index (χ4v) is 3.23. The van der Waals surface area contributed by atoms with Crippen molar-refractivity contribution in [1.29, 1.82) is 0 Å². The van der Waals surface area contributed by atoms with Gasteiger partial charge in [-0.2, -0.15) is 0 Å². The fraction of sp³-hybridized carbons (Fsp3) is 0.240. The largest absolute Gasteiger partial charge is 0.495 e. The third-order valence-corrected chi connectivity index (χ3v) is 4.87. The summed E-state index contributed by atoms with van der Waals surface area (Å²) in [6.07, 6.45) is -2.57. The van der Waals surface area contributed by atoms with Gasteiger partial charge in [0.25, 0.3) is 12.3 Å². The average molecular weight is 440 g/mol. The van der Waals surface area contributed by atoms with Crippen LogP contribution in [0, 0.1) is 13.8 Å². The Kier molecular flexibility index (Phi) is 7.65. The maximum atomic E-state index is 13.3. The first-order valence-electron chi connectivity index (χ1n) is 10.2. The second kappa shape index (κ2) is 10.6. The first kappa shape index (κ1) is 23.1. The lowest BCUT2D eigenvalue weighted by molar-refractivity contribution is -0.117. The molecule has 3 aromatic rings. The second-order valence-electron chi connectivity index (χ2n) is 7.36. The molecule has 0 aromatic heterocycles. The number of halogens is 2. The molecule has 3 aromatic carbocycles. The van der Waals surface area contributed by atoms with Crippen molar-refractivity contribution in [3.8, 4) is 11.5 Å². The SMILES string of the molecule is COc1ccc(C)cc1NC(=O)C(Nc1ccc(C)c(OCC(F)F)c1)c1ccccc1. The Labute approximate surface area is 186 Å². The summed E-state index contributed by atoms with van der Waals surface area (Å²) in [5.74, 6) is 0.590. The summed E-state index contributed by atoms with van der Waals surface area (Å²) in [4.78, 5) is 13.3. The summed E-state index contributed by atoms with van der Waals surface area (Å²) in [5, 5.41) is 6.13. The number of nitrogens with one attached hydrogen (secondary N) is 2. The topological polar surface area (TPSA) is 59.6 Å². The smallest absolute Gasteiger partial charge is 0.272 e. The molecule has 32 heavy (non-hydrogen) atoms. The number of amides is 1. The number of alkyl halides is 2. The molecule has 0 spiro atoms. The van der Waals surface area contributed by atoms with Crippen molar-refractivity contribution in [2.24, 2.45) is 0 Å². The van der Waals surface area contributed by atoms with Crippen LogP contribution in [0.4, 0.5) is 20.2 Å². The molecule has 2 N–H and O–H groups in total. The van der Waals surface area contributed by atoms with E-state index in [1.54, 1.807) is 38.3 Å². The Morgan fingerprint density at radius 3 is 2.41 bits per heavy atom. The van der Waals surface area contributed by atoms with Crippen LogP contribution in [0.25, 0.3) is 0 Å². The van der Waals surface area contributed by atoms with Gasteiger partial charge in [-0.05, 0) is 48.7 Å². The third kappa shape index (κ3) is 5.97. The average Bonchev–Trinajstić information content (AvgIpc) is 2.78. The van der Waals surface area contributed by atoms with Crippen LogP contribution >= 0.6 is 0 Å². The van der Waals surface area contributed by atoms with Crippen LogP contribution in [0.15, 0.2) is 66.7 Å². The fourth-order valence-electron chi connectivity index (χ4n) is 3.23. The molecular weight excluding hydrogens is 414 g/mol. The second-order valence-corrected chi connectivity index (χ2v) is 7.36. The number of anilines is 2. The number of methoxy groups -OCH3 is 1. The lowest BCUT2D eigenvalue weighted by Crippen LogP contribution is -2.27. The van der Waals surface area contributed by atoms with Crippen molar-refractivity contribution < 1.29 is 23.0 Å². The van der Waals surface area contributed by atoms with E-state index in [0.29, 0.717) is 22.9 Å². The van der Waals surface area contributed by atoms with Gasteiger partial charge in [0.15, 0.2) is 0 Å². The van der Waals surface area contributed by atoms with Crippen molar-refractivity contribution in [2.45, 2.75) is 26.3 Å². The van der Waals surface area contributed by atoms with Crippen molar-refractivity contribution in [3.63, 3.8) is 0 Å². The summed E-state index contributed by atoms with van der Waals surface area (Å²) >= 11 is 0. The van der Waals surface area contributed by atoms with Gasteiger partial charge >= 0.3 is 0 Å². The highest BCUT2D eigenvalue weighted by molar-refractivity contribution is 5.98. The van der Waals surface area contributed by atoms with Gasteiger partial charge in [-0.25, -0.2) is 8.78 Å². The van der Waals surface area contributed by atoms with Crippen molar-refractivity contribution in [3.05, 3.63) is 83.4 Å².